The summed E-state index contributed by atoms with van der Waals surface area (Å²) in [6, 6.07) is 18.4. The molecular formula is C19H19BrN4. The highest BCUT2D eigenvalue weighted by Crippen LogP contribution is 2.26. The molecule has 24 heavy (non-hydrogen) atoms. The number of hydrogen-bond acceptors (Lipinski definition) is 4. The third-order valence-electron chi connectivity index (χ3n) is 3.69. The maximum atomic E-state index is 4.54. The molecule has 0 bridgehead atoms. The quantitative estimate of drug-likeness (QED) is 0.614. The number of anilines is 3. The van der Waals surface area contributed by atoms with Crippen LogP contribution in [0.15, 0.2) is 65.3 Å². The fourth-order valence-corrected chi connectivity index (χ4v) is 2.98. The van der Waals surface area contributed by atoms with Crippen LogP contribution in [0.2, 0.25) is 0 Å². The molecule has 2 aromatic carbocycles. The van der Waals surface area contributed by atoms with E-state index >= 15 is 0 Å². The molecule has 1 atom stereocenters. The zero-order valence-corrected chi connectivity index (χ0v) is 15.2. The molecule has 122 valence electrons. The molecule has 0 saturated heterocycles. The second-order valence-corrected chi connectivity index (χ2v) is 6.50. The normalized spacial score (nSPS) is 11.8. The highest BCUT2D eigenvalue weighted by atomic mass is 79.9. The van der Waals surface area contributed by atoms with Crippen LogP contribution in [0.5, 0.6) is 0 Å². The van der Waals surface area contributed by atoms with Crippen LogP contribution in [0.1, 0.15) is 24.1 Å². The molecule has 0 aliphatic rings. The standard InChI is InChI=1S/C19H19BrN4/c1-13-8-9-17(16(20)12-13)23-19-21-11-10-18(24-19)22-14(2)15-6-4-3-5-7-15/h3-12,14H,1-2H3,(H2,21,22,23,24). The maximum absolute atomic E-state index is 4.54. The van der Waals surface area contributed by atoms with Gasteiger partial charge in [-0.15, -0.1) is 0 Å². The summed E-state index contributed by atoms with van der Waals surface area (Å²) in [7, 11) is 0. The molecule has 5 heteroatoms. The molecule has 0 aliphatic carbocycles. The summed E-state index contributed by atoms with van der Waals surface area (Å²) in [6.07, 6.45) is 1.75. The summed E-state index contributed by atoms with van der Waals surface area (Å²) in [5.74, 6) is 1.34. The Morgan fingerprint density at radius 3 is 2.58 bits per heavy atom. The van der Waals surface area contributed by atoms with E-state index in [9.17, 15) is 0 Å². The Morgan fingerprint density at radius 1 is 1.04 bits per heavy atom. The molecular weight excluding hydrogens is 364 g/mol. The SMILES string of the molecule is Cc1ccc(Nc2nccc(NC(C)c3ccccc3)n2)c(Br)c1. The van der Waals surface area contributed by atoms with E-state index < -0.39 is 0 Å². The van der Waals surface area contributed by atoms with Crippen molar-refractivity contribution >= 4 is 33.4 Å². The van der Waals surface area contributed by atoms with Crippen molar-refractivity contribution < 1.29 is 0 Å². The van der Waals surface area contributed by atoms with Crippen molar-refractivity contribution in [2.75, 3.05) is 10.6 Å². The lowest BCUT2D eigenvalue weighted by molar-refractivity contribution is 0.873. The predicted octanol–water partition coefficient (Wildman–Crippen LogP) is 5.46. The van der Waals surface area contributed by atoms with Gasteiger partial charge in [0.05, 0.1) is 5.69 Å². The Labute approximate surface area is 150 Å². The van der Waals surface area contributed by atoms with Gasteiger partial charge in [0.15, 0.2) is 0 Å². The van der Waals surface area contributed by atoms with Gasteiger partial charge < -0.3 is 10.6 Å². The maximum Gasteiger partial charge on any atom is 0.229 e. The van der Waals surface area contributed by atoms with Crippen LogP contribution < -0.4 is 10.6 Å². The Hall–Kier alpha value is -2.40. The molecule has 0 aliphatic heterocycles. The Kier molecular flexibility index (Phi) is 5.11. The van der Waals surface area contributed by atoms with Crippen molar-refractivity contribution in [1.29, 1.82) is 0 Å². The van der Waals surface area contributed by atoms with Gasteiger partial charge in [-0.05, 0) is 59.1 Å². The van der Waals surface area contributed by atoms with E-state index in [-0.39, 0.29) is 6.04 Å². The lowest BCUT2D eigenvalue weighted by atomic mass is 10.1. The molecule has 3 aromatic rings. The number of nitrogens with one attached hydrogen (secondary N) is 2. The Balaban J connectivity index is 1.74. The number of hydrogen-bond donors (Lipinski definition) is 2. The fraction of sp³-hybridized carbons (Fsp3) is 0.158. The van der Waals surface area contributed by atoms with Gasteiger partial charge >= 0.3 is 0 Å². The van der Waals surface area contributed by atoms with Crippen LogP contribution in [0, 0.1) is 6.92 Å². The predicted molar refractivity (Wildman–Crippen MR) is 103 cm³/mol. The van der Waals surface area contributed by atoms with Crippen LogP contribution in [0.4, 0.5) is 17.5 Å². The minimum Gasteiger partial charge on any atom is -0.363 e. The van der Waals surface area contributed by atoms with Crippen molar-refractivity contribution in [3.05, 3.63) is 76.4 Å². The van der Waals surface area contributed by atoms with Crippen LogP contribution in [0.25, 0.3) is 0 Å². The molecule has 1 heterocycles. The van der Waals surface area contributed by atoms with Gasteiger partial charge in [-0.3, -0.25) is 0 Å². The summed E-state index contributed by atoms with van der Waals surface area (Å²) < 4.78 is 0.988. The topological polar surface area (TPSA) is 49.8 Å². The van der Waals surface area contributed by atoms with E-state index in [4.69, 9.17) is 0 Å². The van der Waals surface area contributed by atoms with Gasteiger partial charge in [0, 0.05) is 16.7 Å². The van der Waals surface area contributed by atoms with Crippen molar-refractivity contribution in [2.24, 2.45) is 0 Å². The van der Waals surface area contributed by atoms with Gasteiger partial charge in [0.2, 0.25) is 5.95 Å². The van der Waals surface area contributed by atoms with Crippen molar-refractivity contribution in [3.63, 3.8) is 0 Å². The molecule has 0 saturated carbocycles. The van der Waals surface area contributed by atoms with Crippen molar-refractivity contribution in [3.8, 4) is 0 Å². The van der Waals surface area contributed by atoms with Crippen LogP contribution in [-0.2, 0) is 0 Å². The minimum absolute atomic E-state index is 0.167. The number of aromatic nitrogens is 2. The summed E-state index contributed by atoms with van der Waals surface area (Å²) in [5, 5.41) is 6.65. The van der Waals surface area contributed by atoms with Gasteiger partial charge in [-0.25, -0.2) is 4.98 Å². The van der Waals surface area contributed by atoms with Crippen LogP contribution in [0.3, 0.4) is 0 Å². The lowest BCUT2D eigenvalue weighted by Crippen LogP contribution is -2.09. The van der Waals surface area contributed by atoms with E-state index in [0.29, 0.717) is 5.95 Å². The first-order chi connectivity index (χ1) is 11.6. The van der Waals surface area contributed by atoms with E-state index in [1.165, 1.54) is 11.1 Å². The highest BCUT2D eigenvalue weighted by molar-refractivity contribution is 9.10. The van der Waals surface area contributed by atoms with E-state index in [2.05, 4.69) is 68.6 Å². The van der Waals surface area contributed by atoms with Crippen molar-refractivity contribution in [1.82, 2.24) is 9.97 Å². The average Bonchev–Trinajstić information content (AvgIpc) is 2.58. The van der Waals surface area contributed by atoms with Gasteiger partial charge in [-0.1, -0.05) is 36.4 Å². The smallest absolute Gasteiger partial charge is 0.229 e. The number of benzene rings is 2. The third-order valence-corrected chi connectivity index (χ3v) is 4.35. The van der Waals surface area contributed by atoms with E-state index in [1.807, 2.05) is 36.4 Å². The first kappa shape index (κ1) is 16.5. The summed E-state index contributed by atoms with van der Waals surface area (Å²) in [6.45, 7) is 4.17. The molecule has 4 nitrogen and oxygen atoms in total. The second kappa shape index (κ2) is 7.45. The van der Waals surface area contributed by atoms with Gasteiger partial charge in [0.1, 0.15) is 5.82 Å². The van der Waals surface area contributed by atoms with Crippen molar-refractivity contribution in [2.45, 2.75) is 19.9 Å². The summed E-state index contributed by atoms with van der Waals surface area (Å²) >= 11 is 3.56. The van der Waals surface area contributed by atoms with Crippen LogP contribution >= 0.6 is 15.9 Å². The zero-order chi connectivity index (χ0) is 16.9. The van der Waals surface area contributed by atoms with E-state index in [1.54, 1.807) is 6.20 Å². The minimum atomic E-state index is 0.167. The molecule has 0 fully saturated rings. The molecule has 1 aromatic heterocycles. The van der Waals surface area contributed by atoms with Gasteiger partial charge in [0.25, 0.3) is 0 Å². The Bertz CT molecular complexity index is 821. The Morgan fingerprint density at radius 2 is 1.83 bits per heavy atom. The monoisotopic (exact) mass is 382 g/mol. The average molecular weight is 383 g/mol. The lowest BCUT2D eigenvalue weighted by Gasteiger charge is -2.15. The highest BCUT2D eigenvalue weighted by Gasteiger charge is 2.07. The second-order valence-electron chi connectivity index (χ2n) is 5.65. The molecule has 0 radical (unpaired) electrons. The molecule has 2 N–H and O–H groups in total. The van der Waals surface area contributed by atoms with E-state index in [0.717, 1.165) is 16.0 Å². The summed E-state index contributed by atoms with van der Waals surface area (Å²) in [5.41, 5.74) is 3.35. The molecule has 1 unspecified atom stereocenters. The number of rotatable bonds is 5. The number of nitrogens with zero attached hydrogens (tertiary/aromatic N) is 2. The third kappa shape index (κ3) is 4.11. The molecule has 0 amide bonds. The first-order valence-corrected chi connectivity index (χ1v) is 8.59. The number of halogens is 1. The summed E-state index contributed by atoms with van der Waals surface area (Å²) in [4.78, 5) is 8.84. The molecule has 0 spiro atoms. The van der Waals surface area contributed by atoms with Crippen LogP contribution in [-0.4, -0.2) is 9.97 Å². The largest absolute Gasteiger partial charge is 0.363 e. The first-order valence-electron chi connectivity index (χ1n) is 7.79. The van der Waals surface area contributed by atoms with Gasteiger partial charge in [-0.2, -0.15) is 4.98 Å². The number of aryl methyl sites for hydroxylation is 1. The molecule has 3 rings (SSSR count). The zero-order valence-electron chi connectivity index (χ0n) is 13.6. The fourth-order valence-electron chi connectivity index (χ4n) is 2.39.